The van der Waals surface area contributed by atoms with Gasteiger partial charge in [0, 0.05) is 45.7 Å². The van der Waals surface area contributed by atoms with Gasteiger partial charge >= 0.3 is 5.97 Å². The zero-order valence-electron chi connectivity index (χ0n) is 12.1. The van der Waals surface area contributed by atoms with Crippen LogP contribution in [0.3, 0.4) is 0 Å². The Morgan fingerprint density at radius 2 is 1.53 bits per heavy atom. The Morgan fingerprint density at radius 3 is 2.05 bits per heavy atom. The fourth-order valence-electron chi connectivity index (χ4n) is 3.02. The number of piperidine rings is 1. The lowest BCUT2D eigenvalue weighted by Crippen LogP contribution is -2.47. The summed E-state index contributed by atoms with van der Waals surface area (Å²) in [5.74, 6) is -0.242. The van der Waals surface area contributed by atoms with E-state index in [1.807, 2.05) is 0 Å². The third kappa shape index (κ3) is 5.09. The average molecular weight is 269 g/mol. The second-order valence-electron chi connectivity index (χ2n) is 6.03. The van der Waals surface area contributed by atoms with Gasteiger partial charge in [-0.2, -0.15) is 0 Å². The molecule has 2 heterocycles. The van der Waals surface area contributed by atoms with Gasteiger partial charge in [0.15, 0.2) is 0 Å². The predicted molar refractivity (Wildman–Crippen MR) is 75.4 cm³/mol. The van der Waals surface area contributed by atoms with Crippen LogP contribution in [0.5, 0.6) is 0 Å². The first-order chi connectivity index (χ1) is 9.13. The number of hydrogen-bond donors (Lipinski definition) is 1. The summed E-state index contributed by atoms with van der Waals surface area (Å²) in [6.45, 7) is 9.19. The fraction of sp³-hybridized carbons (Fsp3) is 0.929. The van der Waals surface area contributed by atoms with Crippen molar-refractivity contribution in [2.24, 2.45) is 5.92 Å². The molecular formula is C14H27N3O2. The molecule has 1 N–H and O–H groups in total. The summed E-state index contributed by atoms with van der Waals surface area (Å²) in [5, 5.41) is 8.80. The SMILES string of the molecule is CN1CCN(CCN2CCC(CC(=O)O)CC2)CC1. The summed E-state index contributed by atoms with van der Waals surface area (Å²) in [5.41, 5.74) is 0. The lowest BCUT2D eigenvalue weighted by molar-refractivity contribution is -0.138. The van der Waals surface area contributed by atoms with Gasteiger partial charge in [-0.3, -0.25) is 9.69 Å². The number of likely N-dealkylation sites (tertiary alicyclic amines) is 1. The third-order valence-electron chi connectivity index (χ3n) is 4.50. The topological polar surface area (TPSA) is 47.0 Å². The van der Waals surface area contributed by atoms with Crippen LogP contribution in [0.1, 0.15) is 19.3 Å². The number of nitrogens with zero attached hydrogens (tertiary/aromatic N) is 3. The number of rotatable bonds is 5. The largest absolute Gasteiger partial charge is 0.481 e. The predicted octanol–water partition coefficient (Wildman–Crippen LogP) is 0.421. The number of piperazine rings is 1. The van der Waals surface area contributed by atoms with Crippen molar-refractivity contribution >= 4 is 5.97 Å². The first kappa shape index (κ1) is 14.8. The molecule has 0 atom stereocenters. The molecule has 110 valence electrons. The maximum Gasteiger partial charge on any atom is 0.303 e. The van der Waals surface area contributed by atoms with Gasteiger partial charge in [0.25, 0.3) is 0 Å². The minimum Gasteiger partial charge on any atom is -0.481 e. The van der Waals surface area contributed by atoms with Crippen LogP contribution < -0.4 is 0 Å². The number of carboxylic acid groups (broad SMARTS) is 1. The fourth-order valence-corrected chi connectivity index (χ4v) is 3.02. The first-order valence-corrected chi connectivity index (χ1v) is 7.48. The Bertz CT molecular complexity index is 282. The van der Waals surface area contributed by atoms with Crippen molar-refractivity contribution in [1.82, 2.24) is 14.7 Å². The molecule has 19 heavy (non-hydrogen) atoms. The van der Waals surface area contributed by atoms with Crippen molar-refractivity contribution in [3.8, 4) is 0 Å². The van der Waals surface area contributed by atoms with E-state index < -0.39 is 5.97 Å². The Labute approximate surface area is 116 Å². The van der Waals surface area contributed by atoms with Gasteiger partial charge in [-0.1, -0.05) is 0 Å². The Balaban J connectivity index is 1.59. The van der Waals surface area contributed by atoms with Gasteiger partial charge in [-0.25, -0.2) is 0 Å². The second kappa shape index (κ2) is 7.22. The van der Waals surface area contributed by atoms with E-state index in [4.69, 9.17) is 5.11 Å². The molecule has 2 rings (SSSR count). The third-order valence-corrected chi connectivity index (χ3v) is 4.50. The maximum atomic E-state index is 10.7. The van der Waals surface area contributed by atoms with E-state index in [9.17, 15) is 4.79 Å². The molecule has 2 saturated heterocycles. The smallest absolute Gasteiger partial charge is 0.303 e. The lowest BCUT2D eigenvalue weighted by Gasteiger charge is -2.36. The van der Waals surface area contributed by atoms with Gasteiger partial charge in [-0.05, 0) is 38.9 Å². The van der Waals surface area contributed by atoms with Crippen LogP contribution >= 0.6 is 0 Å². The van der Waals surface area contributed by atoms with Crippen LogP contribution in [0.15, 0.2) is 0 Å². The van der Waals surface area contributed by atoms with E-state index in [1.54, 1.807) is 0 Å². The van der Waals surface area contributed by atoms with Crippen LogP contribution in [0.2, 0.25) is 0 Å². The van der Waals surface area contributed by atoms with Crippen molar-refractivity contribution in [2.45, 2.75) is 19.3 Å². The number of aliphatic carboxylic acids is 1. The highest BCUT2D eigenvalue weighted by atomic mass is 16.4. The maximum absolute atomic E-state index is 10.7. The van der Waals surface area contributed by atoms with E-state index in [1.165, 1.54) is 26.2 Å². The van der Waals surface area contributed by atoms with Crippen molar-refractivity contribution < 1.29 is 9.90 Å². The summed E-state index contributed by atoms with van der Waals surface area (Å²) in [6.07, 6.45) is 2.45. The zero-order valence-corrected chi connectivity index (χ0v) is 12.1. The molecule has 2 aliphatic heterocycles. The average Bonchev–Trinajstić information content (AvgIpc) is 2.39. The quantitative estimate of drug-likeness (QED) is 0.784. The Kier molecular flexibility index (Phi) is 5.60. The molecule has 0 aromatic carbocycles. The molecule has 0 amide bonds. The van der Waals surface area contributed by atoms with Crippen molar-refractivity contribution in [1.29, 1.82) is 0 Å². The second-order valence-corrected chi connectivity index (χ2v) is 6.03. The van der Waals surface area contributed by atoms with Crippen LogP contribution in [0, 0.1) is 5.92 Å². The molecule has 0 unspecified atom stereocenters. The molecule has 2 aliphatic rings. The van der Waals surface area contributed by atoms with Crippen molar-refractivity contribution in [3.63, 3.8) is 0 Å². The summed E-state index contributed by atoms with van der Waals surface area (Å²) in [7, 11) is 2.19. The molecule has 0 aromatic heterocycles. The standard InChI is InChI=1S/C14H27N3O2/c1-15-6-8-17(9-7-15)11-10-16-4-2-13(3-5-16)12-14(18)19/h13H,2-12H2,1H3,(H,18,19). The molecule has 2 fully saturated rings. The molecular weight excluding hydrogens is 242 g/mol. The number of carbonyl (C=O) groups is 1. The van der Waals surface area contributed by atoms with Crippen LogP contribution in [-0.4, -0.2) is 85.2 Å². The molecule has 5 heteroatoms. The highest BCUT2D eigenvalue weighted by molar-refractivity contribution is 5.67. The minimum atomic E-state index is -0.643. The van der Waals surface area contributed by atoms with Gasteiger partial charge in [0.2, 0.25) is 0 Å². The van der Waals surface area contributed by atoms with Crippen LogP contribution in [0.4, 0.5) is 0 Å². The molecule has 5 nitrogen and oxygen atoms in total. The molecule has 0 radical (unpaired) electrons. The number of carboxylic acids is 1. The monoisotopic (exact) mass is 269 g/mol. The van der Waals surface area contributed by atoms with E-state index >= 15 is 0 Å². The van der Waals surface area contributed by atoms with Gasteiger partial charge in [-0.15, -0.1) is 0 Å². The van der Waals surface area contributed by atoms with E-state index in [0.717, 1.165) is 39.0 Å². The number of likely N-dealkylation sites (N-methyl/N-ethyl adjacent to an activating group) is 1. The van der Waals surface area contributed by atoms with E-state index in [0.29, 0.717) is 12.3 Å². The minimum absolute atomic E-state index is 0.353. The van der Waals surface area contributed by atoms with Gasteiger partial charge < -0.3 is 14.9 Å². The molecule has 0 aromatic rings. The van der Waals surface area contributed by atoms with Gasteiger partial charge in [0.05, 0.1) is 0 Å². The van der Waals surface area contributed by atoms with E-state index in [-0.39, 0.29) is 0 Å². The normalized spacial score (nSPS) is 24.7. The Hall–Kier alpha value is -0.650. The summed E-state index contributed by atoms with van der Waals surface area (Å²) < 4.78 is 0. The van der Waals surface area contributed by atoms with E-state index in [2.05, 4.69) is 21.7 Å². The highest BCUT2D eigenvalue weighted by Gasteiger charge is 2.22. The zero-order chi connectivity index (χ0) is 13.7. The summed E-state index contributed by atoms with van der Waals surface area (Å²) in [4.78, 5) is 18.1. The van der Waals surface area contributed by atoms with Gasteiger partial charge in [0.1, 0.15) is 0 Å². The molecule has 0 bridgehead atoms. The molecule has 0 spiro atoms. The summed E-state index contributed by atoms with van der Waals surface area (Å²) in [6, 6.07) is 0. The Morgan fingerprint density at radius 1 is 1.00 bits per heavy atom. The van der Waals surface area contributed by atoms with Crippen LogP contribution in [-0.2, 0) is 4.79 Å². The van der Waals surface area contributed by atoms with Crippen molar-refractivity contribution in [2.75, 3.05) is 59.4 Å². The molecule has 0 saturated carbocycles. The first-order valence-electron chi connectivity index (χ1n) is 7.48. The lowest BCUT2D eigenvalue weighted by atomic mass is 9.94. The molecule has 0 aliphatic carbocycles. The summed E-state index contributed by atoms with van der Waals surface area (Å²) >= 11 is 0. The number of hydrogen-bond acceptors (Lipinski definition) is 4. The van der Waals surface area contributed by atoms with Crippen LogP contribution in [0.25, 0.3) is 0 Å². The van der Waals surface area contributed by atoms with Crippen molar-refractivity contribution in [3.05, 3.63) is 0 Å². The highest BCUT2D eigenvalue weighted by Crippen LogP contribution is 2.20.